The lowest BCUT2D eigenvalue weighted by Gasteiger charge is -2.26. The molecule has 0 bridgehead atoms. The largest absolute Gasteiger partial charge is 0.481 e. The van der Waals surface area contributed by atoms with Crippen molar-refractivity contribution in [3.8, 4) is 0 Å². The number of aryl methyl sites for hydroxylation is 1. The van der Waals surface area contributed by atoms with E-state index in [9.17, 15) is 9.59 Å². The molecule has 0 spiro atoms. The number of hydrogen-bond donors (Lipinski definition) is 2. The van der Waals surface area contributed by atoms with Crippen molar-refractivity contribution in [2.75, 3.05) is 18.4 Å². The molecule has 1 aromatic rings. The molecule has 23 heavy (non-hydrogen) atoms. The quantitative estimate of drug-likeness (QED) is 0.846. The Morgan fingerprint density at radius 1 is 1.22 bits per heavy atom. The number of amides is 1. The Bertz CT molecular complexity index is 537. The second-order valence-corrected chi connectivity index (χ2v) is 6.21. The second kappa shape index (κ2) is 8.67. The minimum atomic E-state index is -0.811. The maximum atomic E-state index is 12.5. The van der Waals surface area contributed by atoms with Gasteiger partial charge in [-0.15, -0.1) is 0 Å². The first-order valence-corrected chi connectivity index (χ1v) is 8.42. The van der Waals surface area contributed by atoms with E-state index in [0.717, 1.165) is 37.2 Å². The molecule has 1 saturated heterocycles. The SMILES string of the molecule is CC(C(=O)Nc1cccc(CCC(=O)O)c1)N1CCCCCC1. The third-order valence-corrected chi connectivity index (χ3v) is 4.39. The summed E-state index contributed by atoms with van der Waals surface area (Å²) in [7, 11) is 0. The average Bonchev–Trinajstić information content (AvgIpc) is 2.81. The van der Waals surface area contributed by atoms with Gasteiger partial charge in [0.15, 0.2) is 0 Å². The standard InChI is InChI=1S/C18H26N2O3/c1-14(20-11-4-2-3-5-12-20)18(23)19-16-8-6-7-15(13-16)9-10-17(21)22/h6-8,13-14H,2-5,9-12H2,1H3,(H,19,23)(H,21,22). The van der Waals surface area contributed by atoms with Crippen LogP contribution in [0.25, 0.3) is 0 Å². The molecule has 0 saturated carbocycles. The fraction of sp³-hybridized carbons (Fsp3) is 0.556. The molecule has 2 rings (SSSR count). The Labute approximate surface area is 137 Å². The first-order chi connectivity index (χ1) is 11.1. The number of anilines is 1. The van der Waals surface area contributed by atoms with Crippen LogP contribution in [0.1, 0.15) is 44.6 Å². The number of benzene rings is 1. The zero-order valence-electron chi connectivity index (χ0n) is 13.8. The molecule has 1 atom stereocenters. The molecule has 1 unspecified atom stereocenters. The van der Waals surface area contributed by atoms with Crippen molar-refractivity contribution < 1.29 is 14.7 Å². The van der Waals surface area contributed by atoms with Crippen molar-refractivity contribution in [3.05, 3.63) is 29.8 Å². The van der Waals surface area contributed by atoms with E-state index in [1.54, 1.807) is 0 Å². The topological polar surface area (TPSA) is 69.6 Å². The van der Waals surface area contributed by atoms with E-state index in [-0.39, 0.29) is 18.4 Å². The summed E-state index contributed by atoms with van der Waals surface area (Å²) in [4.78, 5) is 25.4. The number of rotatable bonds is 6. The molecule has 1 heterocycles. The number of likely N-dealkylation sites (tertiary alicyclic amines) is 1. The normalized spacial score (nSPS) is 17.3. The van der Waals surface area contributed by atoms with E-state index >= 15 is 0 Å². The second-order valence-electron chi connectivity index (χ2n) is 6.21. The predicted molar refractivity (Wildman–Crippen MR) is 90.5 cm³/mol. The summed E-state index contributed by atoms with van der Waals surface area (Å²) in [5.41, 5.74) is 1.66. The summed E-state index contributed by atoms with van der Waals surface area (Å²) in [6, 6.07) is 7.30. The van der Waals surface area contributed by atoms with Crippen molar-refractivity contribution in [1.82, 2.24) is 4.90 Å². The van der Waals surface area contributed by atoms with Gasteiger partial charge in [0.1, 0.15) is 0 Å². The molecule has 2 N–H and O–H groups in total. The molecule has 1 amide bonds. The monoisotopic (exact) mass is 318 g/mol. The van der Waals surface area contributed by atoms with Gasteiger partial charge in [-0.3, -0.25) is 14.5 Å². The Morgan fingerprint density at radius 3 is 2.57 bits per heavy atom. The maximum Gasteiger partial charge on any atom is 0.303 e. The van der Waals surface area contributed by atoms with Gasteiger partial charge < -0.3 is 10.4 Å². The van der Waals surface area contributed by atoms with Crippen molar-refractivity contribution in [3.63, 3.8) is 0 Å². The van der Waals surface area contributed by atoms with Crippen LogP contribution in [-0.2, 0) is 16.0 Å². The number of carboxylic acid groups (broad SMARTS) is 1. The van der Waals surface area contributed by atoms with Crippen LogP contribution >= 0.6 is 0 Å². The molecule has 1 aliphatic rings. The van der Waals surface area contributed by atoms with Gasteiger partial charge in [0, 0.05) is 12.1 Å². The maximum absolute atomic E-state index is 12.5. The van der Waals surface area contributed by atoms with E-state index in [2.05, 4.69) is 10.2 Å². The molecule has 1 fully saturated rings. The van der Waals surface area contributed by atoms with Crippen molar-refractivity contribution in [2.45, 2.75) is 51.5 Å². The number of hydrogen-bond acceptors (Lipinski definition) is 3. The van der Waals surface area contributed by atoms with Crippen LogP contribution in [0.4, 0.5) is 5.69 Å². The third kappa shape index (κ3) is 5.67. The lowest BCUT2D eigenvalue weighted by atomic mass is 10.1. The van der Waals surface area contributed by atoms with E-state index in [4.69, 9.17) is 5.11 Å². The van der Waals surface area contributed by atoms with Crippen LogP contribution in [0.15, 0.2) is 24.3 Å². The summed E-state index contributed by atoms with van der Waals surface area (Å²) in [6.07, 6.45) is 5.37. The van der Waals surface area contributed by atoms with Gasteiger partial charge in [-0.1, -0.05) is 25.0 Å². The fourth-order valence-corrected chi connectivity index (χ4v) is 2.95. The number of carboxylic acids is 1. The van der Waals surface area contributed by atoms with Gasteiger partial charge in [-0.25, -0.2) is 0 Å². The highest BCUT2D eigenvalue weighted by molar-refractivity contribution is 5.94. The zero-order valence-corrected chi connectivity index (χ0v) is 13.8. The first-order valence-electron chi connectivity index (χ1n) is 8.42. The molecule has 0 aromatic heterocycles. The molecule has 1 aliphatic heterocycles. The van der Waals surface area contributed by atoms with Crippen LogP contribution in [0, 0.1) is 0 Å². The van der Waals surface area contributed by atoms with Gasteiger partial charge >= 0.3 is 5.97 Å². The van der Waals surface area contributed by atoms with E-state index in [1.165, 1.54) is 12.8 Å². The average molecular weight is 318 g/mol. The third-order valence-electron chi connectivity index (χ3n) is 4.39. The van der Waals surface area contributed by atoms with Crippen LogP contribution < -0.4 is 5.32 Å². The molecule has 126 valence electrons. The zero-order chi connectivity index (χ0) is 16.7. The Kier molecular flexibility index (Phi) is 6.59. The summed E-state index contributed by atoms with van der Waals surface area (Å²) in [6.45, 7) is 3.91. The predicted octanol–water partition coefficient (Wildman–Crippen LogP) is 2.91. The van der Waals surface area contributed by atoms with Gasteiger partial charge in [0.25, 0.3) is 0 Å². The number of nitrogens with zero attached hydrogens (tertiary/aromatic N) is 1. The molecule has 5 heteroatoms. The Hall–Kier alpha value is -1.88. The molecule has 5 nitrogen and oxygen atoms in total. The van der Waals surface area contributed by atoms with E-state index in [1.807, 2.05) is 31.2 Å². The molecular formula is C18H26N2O3. The highest BCUT2D eigenvalue weighted by Gasteiger charge is 2.22. The minimum Gasteiger partial charge on any atom is -0.481 e. The van der Waals surface area contributed by atoms with Crippen LogP contribution in [0.2, 0.25) is 0 Å². The highest BCUT2D eigenvalue weighted by Crippen LogP contribution is 2.16. The highest BCUT2D eigenvalue weighted by atomic mass is 16.4. The molecule has 1 aromatic carbocycles. The molecule has 0 aliphatic carbocycles. The van der Waals surface area contributed by atoms with Crippen LogP contribution in [0.5, 0.6) is 0 Å². The number of carbonyl (C=O) groups excluding carboxylic acids is 1. The summed E-state index contributed by atoms with van der Waals surface area (Å²) in [5.74, 6) is -0.809. The lowest BCUT2D eigenvalue weighted by molar-refractivity contribution is -0.137. The van der Waals surface area contributed by atoms with Gasteiger partial charge in [-0.2, -0.15) is 0 Å². The smallest absolute Gasteiger partial charge is 0.303 e. The molecular weight excluding hydrogens is 292 g/mol. The van der Waals surface area contributed by atoms with Crippen molar-refractivity contribution >= 4 is 17.6 Å². The fourth-order valence-electron chi connectivity index (χ4n) is 2.95. The molecule has 0 radical (unpaired) electrons. The lowest BCUT2D eigenvalue weighted by Crippen LogP contribution is -2.42. The summed E-state index contributed by atoms with van der Waals surface area (Å²) < 4.78 is 0. The Morgan fingerprint density at radius 2 is 1.91 bits per heavy atom. The first kappa shape index (κ1) is 17.5. The minimum absolute atomic E-state index is 0.00212. The van der Waals surface area contributed by atoms with Crippen molar-refractivity contribution in [2.24, 2.45) is 0 Å². The van der Waals surface area contributed by atoms with E-state index in [0.29, 0.717) is 6.42 Å². The number of aliphatic carboxylic acids is 1. The van der Waals surface area contributed by atoms with Gasteiger partial charge in [0.05, 0.1) is 6.04 Å². The summed E-state index contributed by atoms with van der Waals surface area (Å²) in [5, 5.41) is 11.7. The van der Waals surface area contributed by atoms with E-state index < -0.39 is 5.97 Å². The van der Waals surface area contributed by atoms with Crippen LogP contribution in [0.3, 0.4) is 0 Å². The van der Waals surface area contributed by atoms with Crippen LogP contribution in [-0.4, -0.2) is 41.0 Å². The van der Waals surface area contributed by atoms with Crippen molar-refractivity contribution in [1.29, 1.82) is 0 Å². The Balaban J connectivity index is 1.93. The number of nitrogens with one attached hydrogen (secondary N) is 1. The van der Waals surface area contributed by atoms with Gasteiger partial charge in [0.2, 0.25) is 5.91 Å². The summed E-state index contributed by atoms with van der Waals surface area (Å²) >= 11 is 0. The van der Waals surface area contributed by atoms with Gasteiger partial charge in [-0.05, 0) is 57.0 Å². The number of carbonyl (C=O) groups is 2.